The summed E-state index contributed by atoms with van der Waals surface area (Å²) < 4.78 is 0. The number of hydrogen-bond acceptors (Lipinski definition) is 1. The number of nitrogens with zero attached hydrogens (tertiary/aromatic N) is 1. The zero-order valence-corrected chi connectivity index (χ0v) is 34.9. The number of anilines is 3. The summed E-state index contributed by atoms with van der Waals surface area (Å²) in [5, 5.41) is 5.30. The van der Waals surface area contributed by atoms with Crippen LogP contribution < -0.4 is 4.90 Å². The summed E-state index contributed by atoms with van der Waals surface area (Å²) in [6.45, 7) is 14.1. The molecule has 0 bridgehead atoms. The van der Waals surface area contributed by atoms with E-state index in [1.54, 1.807) is 0 Å². The maximum atomic E-state index is 2.52. The molecule has 0 atom stereocenters. The number of rotatable bonds is 5. The molecule has 286 valence electrons. The Balaban J connectivity index is 1.09. The van der Waals surface area contributed by atoms with E-state index in [0.717, 1.165) is 12.8 Å². The second kappa shape index (κ2) is 13.0. The van der Waals surface area contributed by atoms with Crippen LogP contribution in [0.3, 0.4) is 0 Å². The van der Waals surface area contributed by atoms with Crippen molar-refractivity contribution in [3.8, 4) is 33.4 Å². The standard InChI is InChI=1S/C58H49N/c1-36-25-30-54(37(2)31-36)59(40-26-28-46-50(32-40)57(3,4)52-34-48(38-17-9-7-10-18-38)42-21-13-15-23-44(42)55(46)52)41-27-29-47-51(33-41)58(5,6)53-35-49(39-19-11-8-12-20-39)43-22-14-16-24-45(43)56(47)53/h7,9-11,13-35H,8,12H2,1-6H3. The normalized spacial score (nSPS) is 15.5. The molecule has 3 aliphatic carbocycles. The highest BCUT2D eigenvalue weighted by molar-refractivity contribution is 6.10. The quantitative estimate of drug-likeness (QED) is 0.169. The molecular formula is C58H49N. The highest BCUT2D eigenvalue weighted by atomic mass is 15.1. The molecule has 0 heterocycles. The van der Waals surface area contributed by atoms with Crippen LogP contribution in [0, 0.1) is 13.8 Å². The van der Waals surface area contributed by atoms with Gasteiger partial charge in [0.05, 0.1) is 0 Å². The van der Waals surface area contributed by atoms with Crippen LogP contribution in [0.2, 0.25) is 0 Å². The SMILES string of the molecule is Cc1ccc(N(c2ccc3c(c2)C(C)(C)c2cc(C4=CCCC=C4)c4ccccc4c2-3)c2ccc3c(c2)C(C)(C)c2cc(-c4ccccc4)c4ccccc4c2-3)c(C)c1. The fraction of sp³-hybridized carbons (Fsp3) is 0.172. The number of benzene rings is 8. The Labute approximate surface area is 349 Å². The molecule has 0 spiro atoms. The van der Waals surface area contributed by atoms with Crippen LogP contribution in [0.1, 0.15) is 79.5 Å². The van der Waals surface area contributed by atoms with E-state index in [2.05, 4.69) is 210 Å². The third kappa shape index (κ3) is 5.30. The zero-order valence-electron chi connectivity index (χ0n) is 34.9. The van der Waals surface area contributed by atoms with Crippen LogP contribution >= 0.6 is 0 Å². The molecule has 1 nitrogen and oxygen atoms in total. The van der Waals surface area contributed by atoms with E-state index in [-0.39, 0.29) is 10.8 Å². The summed E-state index contributed by atoms with van der Waals surface area (Å²) >= 11 is 0. The average Bonchev–Trinajstić information content (AvgIpc) is 3.63. The van der Waals surface area contributed by atoms with Crippen molar-refractivity contribution in [2.75, 3.05) is 4.90 Å². The molecule has 1 heteroatoms. The maximum absolute atomic E-state index is 2.52. The Bertz CT molecular complexity index is 3120. The van der Waals surface area contributed by atoms with Gasteiger partial charge in [-0.15, -0.1) is 0 Å². The fourth-order valence-corrected chi connectivity index (χ4v) is 10.8. The van der Waals surface area contributed by atoms with Crippen LogP contribution in [-0.4, -0.2) is 0 Å². The molecule has 0 aliphatic heterocycles. The molecule has 3 aliphatic rings. The minimum absolute atomic E-state index is 0.189. The van der Waals surface area contributed by atoms with Gasteiger partial charge in [-0.05, 0) is 163 Å². The first-order valence-corrected chi connectivity index (χ1v) is 21.3. The van der Waals surface area contributed by atoms with Gasteiger partial charge >= 0.3 is 0 Å². The lowest BCUT2D eigenvalue weighted by Gasteiger charge is -2.31. The van der Waals surface area contributed by atoms with E-state index in [9.17, 15) is 0 Å². The average molecular weight is 760 g/mol. The van der Waals surface area contributed by atoms with Crippen molar-refractivity contribution in [1.82, 2.24) is 0 Å². The summed E-state index contributed by atoms with van der Waals surface area (Å²) in [6, 6.07) is 55.3. The highest BCUT2D eigenvalue weighted by Crippen LogP contribution is 2.57. The molecule has 0 amide bonds. The zero-order chi connectivity index (χ0) is 40.2. The molecule has 0 saturated carbocycles. The second-order valence-electron chi connectivity index (χ2n) is 18.1. The molecule has 0 radical (unpaired) electrons. The minimum atomic E-state index is -0.203. The molecule has 0 aromatic heterocycles. The summed E-state index contributed by atoms with van der Waals surface area (Å²) in [4.78, 5) is 2.52. The third-order valence-corrected chi connectivity index (χ3v) is 13.8. The molecule has 59 heavy (non-hydrogen) atoms. The van der Waals surface area contributed by atoms with Crippen molar-refractivity contribution in [2.24, 2.45) is 0 Å². The van der Waals surface area contributed by atoms with Gasteiger partial charge < -0.3 is 4.90 Å². The van der Waals surface area contributed by atoms with Gasteiger partial charge in [0.25, 0.3) is 0 Å². The van der Waals surface area contributed by atoms with Gasteiger partial charge in [-0.25, -0.2) is 0 Å². The van der Waals surface area contributed by atoms with E-state index in [0.29, 0.717) is 0 Å². The van der Waals surface area contributed by atoms with Crippen molar-refractivity contribution < 1.29 is 0 Å². The van der Waals surface area contributed by atoms with Gasteiger partial charge in [-0.1, -0.05) is 155 Å². The molecule has 8 aromatic rings. The Hall–Kier alpha value is -6.44. The molecular weight excluding hydrogens is 711 g/mol. The van der Waals surface area contributed by atoms with E-state index in [1.807, 2.05) is 0 Å². The summed E-state index contributed by atoms with van der Waals surface area (Å²) in [6.07, 6.45) is 9.28. The van der Waals surface area contributed by atoms with Gasteiger partial charge in [-0.3, -0.25) is 0 Å². The third-order valence-electron chi connectivity index (χ3n) is 13.8. The van der Waals surface area contributed by atoms with Crippen molar-refractivity contribution in [3.05, 3.63) is 203 Å². The number of fused-ring (bicyclic) bond motifs is 10. The van der Waals surface area contributed by atoms with Crippen molar-refractivity contribution >= 4 is 44.2 Å². The predicted molar refractivity (Wildman–Crippen MR) is 253 cm³/mol. The first-order chi connectivity index (χ1) is 28.6. The Morgan fingerprint density at radius 1 is 0.458 bits per heavy atom. The Morgan fingerprint density at radius 3 is 1.56 bits per heavy atom. The molecule has 0 N–H and O–H groups in total. The smallest absolute Gasteiger partial charge is 0.0490 e. The van der Waals surface area contributed by atoms with Crippen LogP contribution in [0.15, 0.2) is 164 Å². The first kappa shape index (κ1) is 35.7. The van der Waals surface area contributed by atoms with Crippen molar-refractivity contribution in [2.45, 2.75) is 65.2 Å². The summed E-state index contributed by atoms with van der Waals surface area (Å²) in [7, 11) is 0. The lowest BCUT2D eigenvalue weighted by atomic mass is 9.80. The van der Waals surface area contributed by atoms with Gasteiger partial charge in [0.2, 0.25) is 0 Å². The van der Waals surface area contributed by atoms with Gasteiger partial charge in [0, 0.05) is 27.9 Å². The van der Waals surface area contributed by atoms with Crippen LogP contribution in [0.5, 0.6) is 0 Å². The molecule has 11 rings (SSSR count). The lowest BCUT2D eigenvalue weighted by Crippen LogP contribution is -2.18. The first-order valence-electron chi connectivity index (χ1n) is 21.3. The molecule has 0 saturated heterocycles. The summed E-state index contributed by atoms with van der Waals surface area (Å²) in [5.74, 6) is 0. The largest absolute Gasteiger partial charge is 0.310 e. The maximum Gasteiger partial charge on any atom is 0.0490 e. The van der Waals surface area contributed by atoms with Gasteiger partial charge in [-0.2, -0.15) is 0 Å². The van der Waals surface area contributed by atoms with E-state index in [1.165, 1.54) is 117 Å². The molecule has 0 unspecified atom stereocenters. The van der Waals surface area contributed by atoms with E-state index < -0.39 is 0 Å². The predicted octanol–water partition coefficient (Wildman–Crippen LogP) is 16.1. The molecule has 0 fully saturated rings. The number of aryl methyl sites for hydroxylation is 2. The number of allylic oxidation sites excluding steroid dienone is 4. The Morgan fingerprint density at radius 2 is 1.00 bits per heavy atom. The van der Waals surface area contributed by atoms with Gasteiger partial charge in [0.1, 0.15) is 0 Å². The number of hydrogen-bond donors (Lipinski definition) is 0. The Kier molecular flexibility index (Phi) is 7.89. The van der Waals surface area contributed by atoms with E-state index >= 15 is 0 Å². The summed E-state index contributed by atoms with van der Waals surface area (Å²) in [5.41, 5.74) is 21.9. The van der Waals surface area contributed by atoms with Crippen molar-refractivity contribution in [3.63, 3.8) is 0 Å². The topological polar surface area (TPSA) is 3.24 Å². The second-order valence-corrected chi connectivity index (χ2v) is 18.1. The van der Waals surface area contributed by atoms with Gasteiger partial charge in [0.15, 0.2) is 0 Å². The van der Waals surface area contributed by atoms with Crippen LogP contribution in [0.4, 0.5) is 17.1 Å². The van der Waals surface area contributed by atoms with E-state index in [4.69, 9.17) is 0 Å². The molecule has 8 aromatic carbocycles. The van der Waals surface area contributed by atoms with Crippen LogP contribution in [0.25, 0.3) is 60.5 Å². The van der Waals surface area contributed by atoms with Crippen LogP contribution in [-0.2, 0) is 10.8 Å². The minimum Gasteiger partial charge on any atom is -0.310 e. The fourth-order valence-electron chi connectivity index (χ4n) is 10.8. The lowest BCUT2D eigenvalue weighted by molar-refractivity contribution is 0.660. The highest BCUT2D eigenvalue weighted by Gasteiger charge is 2.40. The monoisotopic (exact) mass is 759 g/mol. The van der Waals surface area contributed by atoms with Crippen molar-refractivity contribution in [1.29, 1.82) is 0 Å².